The van der Waals surface area contributed by atoms with E-state index in [9.17, 15) is 5.11 Å². The van der Waals surface area contributed by atoms with Crippen molar-refractivity contribution in [1.29, 1.82) is 0 Å². The topological polar surface area (TPSA) is 28.4 Å². The molecule has 22 heavy (non-hydrogen) atoms. The number of aliphatic hydroxyl groups is 1. The number of aryl methyl sites for hydroxylation is 2. The van der Waals surface area contributed by atoms with Gasteiger partial charge in [0.25, 0.3) is 0 Å². The van der Waals surface area contributed by atoms with Gasteiger partial charge in [0.2, 0.25) is 0 Å². The molecule has 1 aromatic heterocycles. The predicted octanol–water partition coefficient (Wildman–Crippen LogP) is 2.62. The van der Waals surface area contributed by atoms with Crippen molar-refractivity contribution in [3.8, 4) is 0 Å². The molecule has 0 unspecified atom stereocenters. The van der Waals surface area contributed by atoms with E-state index in [-0.39, 0.29) is 5.92 Å². The number of nitrogens with zero attached hydrogens (tertiary/aromatic N) is 2. The Morgan fingerprint density at radius 2 is 1.82 bits per heavy atom. The van der Waals surface area contributed by atoms with Crippen LogP contribution in [0.5, 0.6) is 0 Å². The van der Waals surface area contributed by atoms with Gasteiger partial charge in [-0.25, -0.2) is 0 Å². The van der Waals surface area contributed by atoms with Gasteiger partial charge in [0.1, 0.15) is 5.60 Å². The smallest absolute Gasteiger partial charge is 0.133 e. The second-order valence-corrected chi connectivity index (χ2v) is 6.84. The Morgan fingerprint density at radius 1 is 1.05 bits per heavy atom. The highest BCUT2D eigenvalue weighted by molar-refractivity contribution is 5.42. The molecular formula is C19H24N2O. The lowest BCUT2D eigenvalue weighted by molar-refractivity contribution is -0.0160. The first-order valence-corrected chi connectivity index (χ1v) is 8.34. The van der Waals surface area contributed by atoms with Crippen molar-refractivity contribution >= 4 is 0 Å². The summed E-state index contributed by atoms with van der Waals surface area (Å²) < 4.78 is 2.25. The SMILES string of the molecule is CN1CCC([C@@]2(O)c3ccccc3CCn3cccc32)CC1. The van der Waals surface area contributed by atoms with Crippen LogP contribution in [0.15, 0.2) is 42.6 Å². The van der Waals surface area contributed by atoms with E-state index in [0.29, 0.717) is 0 Å². The third kappa shape index (κ3) is 2.03. The predicted molar refractivity (Wildman–Crippen MR) is 87.8 cm³/mol. The summed E-state index contributed by atoms with van der Waals surface area (Å²) in [6.45, 7) is 3.08. The molecule has 4 rings (SSSR count). The number of hydrogen-bond acceptors (Lipinski definition) is 2. The van der Waals surface area contributed by atoms with E-state index >= 15 is 0 Å². The van der Waals surface area contributed by atoms with E-state index in [1.807, 2.05) is 0 Å². The molecule has 1 N–H and O–H groups in total. The van der Waals surface area contributed by atoms with Crippen LogP contribution < -0.4 is 0 Å². The minimum Gasteiger partial charge on any atom is -0.379 e. The van der Waals surface area contributed by atoms with Gasteiger partial charge in [0.05, 0.1) is 5.69 Å². The van der Waals surface area contributed by atoms with Crippen molar-refractivity contribution in [2.45, 2.75) is 31.4 Å². The number of hydrogen-bond donors (Lipinski definition) is 1. The molecular weight excluding hydrogens is 272 g/mol. The Labute approximate surface area is 132 Å². The first kappa shape index (κ1) is 14.0. The number of likely N-dealkylation sites (tertiary alicyclic amines) is 1. The molecule has 0 spiro atoms. The molecule has 1 saturated heterocycles. The number of benzene rings is 1. The number of rotatable bonds is 1. The Bertz CT molecular complexity index is 670. The first-order chi connectivity index (χ1) is 10.7. The van der Waals surface area contributed by atoms with Gasteiger partial charge in [-0.15, -0.1) is 0 Å². The first-order valence-electron chi connectivity index (χ1n) is 8.34. The van der Waals surface area contributed by atoms with Crippen molar-refractivity contribution in [2.24, 2.45) is 5.92 Å². The third-order valence-corrected chi connectivity index (χ3v) is 5.58. The fourth-order valence-electron chi connectivity index (χ4n) is 4.30. The maximum atomic E-state index is 11.9. The zero-order valence-electron chi connectivity index (χ0n) is 13.2. The summed E-state index contributed by atoms with van der Waals surface area (Å²) in [5.74, 6) is 0.289. The molecule has 1 fully saturated rings. The highest BCUT2D eigenvalue weighted by Gasteiger charge is 2.45. The van der Waals surface area contributed by atoms with Gasteiger partial charge < -0.3 is 14.6 Å². The summed E-state index contributed by atoms with van der Waals surface area (Å²) in [5, 5.41) is 11.9. The van der Waals surface area contributed by atoms with Gasteiger partial charge >= 0.3 is 0 Å². The fourth-order valence-corrected chi connectivity index (χ4v) is 4.30. The van der Waals surface area contributed by atoms with Gasteiger partial charge in [-0.3, -0.25) is 0 Å². The molecule has 3 heteroatoms. The van der Waals surface area contributed by atoms with Gasteiger partial charge in [-0.05, 0) is 62.7 Å². The Kier molecular flexibility index (Phi) is 3.35. The molecule has 1 atom stereocenters. The van der Waals surface area contributed by atoms with Crippen LogP contribution in [0.2, 0.25) is 0 Å². The highest BCUT2D eigenvalue weighted by atomic mass is 16.3. The summed E-state index contributed by atoms with van der Waals surface area (Å²) in [6, 6.07) is 12.7. The van der Waals surface area contributed by atoms with Gasteiger partial charge in [0, 0.05) is 18.7 Å². The molecule has 0 aliphatic carbocycles. The summed E-state index contributed by atoms with van der Waals surface area (Å²) in [7, 11) is 2.17. The average molecular weight is 296 g/mol. The molecule has 0 saturated carbocycles. The molecule has 0 amide bonds. The van der Waals surface area contributed by atoms with E-state index in [2.05, 4.69) is 59.1 Å². The Morgan fingerprint density at radius 3 is 2.64 bits per heavy atom. The quantitative estimate of drug-likeness (QED) is 0.876. The minimum atomic E-state index is -0.849. The lowest BCUT2D eigenvalue weighted by atomic mass is 9.73. The van der Waals surface area contributed by atoms with Crippen LogP contribution in [0.25, 0.3) is 0 Å². The fraction of sp³-hybridized carbons (Fsp3) is 0.474. The Hall–Kier alpha value is -1.58. The third-order valence-electron chi connectivity index (χ3n) is 5.58. The van der Waals surface area contributed by atoms with E-state index in [1.165, 1.54) is 5.56 Å². The van der Waals surface area contributed by atoms with E-state index in [1.54, 1.807) is 0 Å². The largest absolute Gasteiger partial charge is 0.379 e. The molecule has 2 aliphatic heterocycles. The monoisotopic (exact) mass is 296 g/mol. The summed E-state index contributed by atoms with van der Waals surface area (Å²) in [5.41, 5.74) is 2.65. The highest BCUT2D eigenvalue weighted by Crippen LogP contribution is 2.44. The zero-order chi connectivity index (χ0) is 15.2. The van der Waals surface area contributed by atoms with Gasteiger partial charge in [-0.2, -0.15) is 0 Å². The minimum absolute atomic E-state index is 0.289. The number of fused-ring (bicyclic) bond motifs is 2. The number of aromatic nitrogens is 1. The summed E-state index contributed by atoms with van der Waals surface area (Å²) >= 11 is 0. The second kappa shape index (κ2) is 5.25. The van der Waals surface area contributed by atoms with Crippen molar-refractivity contribution < 1.29 is 5.11 Å². The molecule has 3 heterocycles. The van der Waals surface area contributed by atoms with Crippen molar-refractivity contribution in [3.63, 3.8) is 0 Å². The van der Waals surface area contributed by atoms with E-state index in [4.69, 9.17) is 0 Å². The summed E-state index contributed by atoms with van der Waals surface area (Å²) in [4.78, 5) is 2.36. The van der Waals surface area contributed by atoms with E-state index in [0.717, 1.165) is 50.2 Å². The van der Waals surface area contributed by atoms with Gasteiger partial charge in [-0.1, -0.05) is 24.3 Å². The van der Waals surface area contributed by atoms with Crippen LogP contribution in [-0.4, -0.2) is 34.7 Å². The van der Waals surface area contributed by atoms with Crippen molar-refractivity contribution in [3.05, 3.63) is 59.4 Å². The average Bonchev–Trinajstić information content (AvgIpc) is 2.98. The van der Waals surface area contributed by atoms with E-state index < -0.39 is 5.60 Å². The van der Waals surface area contributed by atoms with Crippen LogP contribution >= 0.6 is 0 Å². The van der Waals surface area contributed by atoms with Gasteiger partial charge in [0.15, 0.2) is 0 Å². The molecule has 2 aliphatic rings. The maximum Gasteiger partial charge on any atom is 0.133 e. The van der Waals surface area contributed by atoms with Crippen LogP contribution in [0, 0.1) is 5.92 Å². The normalized spacial score (nSPS) is 26.3. The maximum absolute atomic E-state index is 11.9. The van der Waals surface area contributed by atoms with Crippen LogP contribution in [0.1, 0.15) is 29.7 Å². The van der Waals surface area contributed by atoms with Crippen molar-refractivity contribution in [2.75, 3.05) is 20.1 Å². The molecule has 1 aromatic carbocycles. The summed E-state index contributed by atoms with van der Waals surface area (Å²) in [6.07, 6.45) is 5.20. The molecule has 2 aromatic rings. The molecule has 0 radical (unpaired) electrons. The number of piperidine rings is 1. The molecule has 0 bridgehead atoms. The zero-order valence-corrected chi connectivity index (χ0v) is 13.2. The van der Waals surface area contributed by atoms with Crippen LogP contribution in [0.4, 0.5) is 0 Å². The second-order valence-electron chi connectivity index (χ2n) is 6.84. The molecule has 116 valence electrons. The standard InChI is InChI=1S/C19H24N2O/c1-20-12-9-16(10-13-20)19(22)17-6-3-2-5-15(17)8-14-21-11-4-7-18(19)21/h2-7,11,16,22H,8-10,12-14H2,1H3/t19-/m1/s1. The van der Waals surface area contributed by atoms with Crippen molar-refractivity contribution in [1.82, 2.24) is 9.47 Å². The lowest BCUT2D eigenvalue weighted by Gasteiger charge is -2.41. The molecule has 3 nitrogen and oxygen atoms in total. The van der Waals surface area contributed by atoms with Crippen LogP contribution in [0.3, 0.4) is 0 Å². The van der Waals surface area contributed by atoms with Crippen LogP contribution in [-0.2, 0) is 18.6 Å². The lowest BCUT2D eigenvalue weighted by Crippen LogP contribution is -2.44. The Balaban J connectivity index is 1.86.